The number of hydrogen-bond acceptors (Lipinski definition) is 2. The van der Waals surface area contributed by atoms with Crippen LogP contribution in [0.25, 0.3) is 0 Å². The third-order valence-corrected chi connectivity index (χ3v) is 2.38. The van der Waals surface area contributed by atoms with E-state index >= 15 is 0 Å². The van der Waals surface area contributed by atoms with E-state index in [1.165, 1.54) is 5.57 Å². The summed E-state index contributed by atoms with van der Waals surface area (Å²) in [5, 5.41) is 0. The normalized spacial score (nSPS) is 15.0. The molecule has 0 spiro atoms. The van der Waals surface area contributed by atoms with Crippen LogP contribution >= 0.6 is 22.9 Å². The van der Waals surface area contributed by atoms with Crippen LogP contribution in [0.2, 0.25) is 0 Å². The highest BCUT2D eigenvalue weighted by atomic mass is 127. The number of nitrogens with two attached hydrogens (primary N) is 1. The van der Waals surface area contributed by atoms with Gasteiger partial charge in [0, 0.05) is 11.4 Å². The fourth-order valence-corrected chi connectivity index (χ4v) is 1.34. The van der Waals surface area contributed by atoms with E-state index in [2.05, 4.69) is 17.1 Å². The highest BCUT2D eigenvalue weighted by molar-refractivity contribution is 14.1. The van der Waals surface area contributed by atoms with Gasteiger partial charge in [-0.25, -0.2) is 3.21 Å². The maximum absolute atomic E-state index is 5.76. The molecule has 0 fully saturated rings. The van der Waals surface area contributed by atoms with Crippen molar-refractivity contribution in [2.45, 2.75) is 34.1 Å². The Labute approximate surface area is 88.8 Å². The summed E-state index contributed by atoms with van der Waals surface area (Å²) in [4.78, 5) is 0. The van der Waals surface area contributed by atoms with E-state index in [9.17, 15) is 0 Å². The lowest BCUT2D eigenvalue weighted by Gasteiger charge is -2.10. The Balaban J connectivity index is 4.60. The zero-order valence-electron chi connectivity index (χ0n) is 8.19. The Kier molecular flexibility index (Phi) is 5.53. The molecule has 0 aromatic carbocycles. The fraction of sp³-hybridized carbons (Fsp3) is 0.667. The SMILES string of the molecule is CC(=NI)C(CC(C)C)=C(C)N. The van der Waals surface area contributed by atoms with E-state index in [1.54, 1.807) is 0 Å². The second kappa shape index (κ2) is 5.56. The third-order valence-electron chi connectivity index (χ3n) is 1.65. The van der Waals surface area contributed by atoms with Crippen LogP contribution in [0.5, 0.6) is 0 Å². The van der Waals surface area contributed by atoms with Crippen LogP contribution in [0.3, 0.4) is 0 Å². The quantitative estimate of drug-likeness (QED) is 0.626. The van der Waals surface area contributed by atoms with Gasteiger partial charge in [-0.05, 0) is 31.8 Å². The van der Waals surface area contributed by atoms with Gasteiger partial charge in [0.25, 0.3) is 0 Å². The molecular formula is C9H17IN2. The minimum atomic E-state index is 0.631. The van der Waals surface area contributed by atoms with Gasteiger partial charge in [0.2, 0.25) is 0 Å². The Morgan fingerprint density at radius 1 is 1.42 bits per heavy atom. The molecule has 0 saturated carbocycles. The number of nitrogens with zero attached hydrogens (tertiary/aromatic N) is 1. The van der Waals surface area contributed by atoms with Gasteiger partial charge in [0.15, 0.2) is 0 Å². The summed E-state index contributed by atoms with van der Waals surface area (Å²) in [5.74, 6) is 0.631. The minimum Gasteiger partial charge on any atom is -0.402 e. The molecule has 2 nitrogen and oxygen atoms in total. The van der Waals surface area contributed by atoms with Gasteiger partial charge in [-0.2, -0.15) is 0 Å². The molecule has 0 amide bonds. The molecule has 70 valence electrons. The van der Waals surface area contributed by atoms with Gasteiger partial charge in [0.05, 0.1) is 22.9 Å². The average molecular weight is 280 g/mol. The summed E-state index contributed by atoms with van der Waals surface area (Å²) in [6.07, 6.45) is 1.01. The standard InChI is InChI=1S/C9H17IN2/c1-6(2)5-9(7(3)11)8(4)12-10/h6H,5,11H2,1-4H3. The largest absolute Gasteiger partial charge is 0.402 e. The van der Waals surface area contributed by atoms with Gasteiger partial charge in [-0.1, -0.05) is 13.8 Å². The van der Waals surface area contributed by atoms with Crippen molar-refractivity contribution >= 4 is 28.6 Å². The number of halogens is 1. The molecule has 12 heavy (non-hydrogen) atoms. The van der Waals surface area contributed by atoms with Crippen LogP contribution in [-0.2, 0) is 0 Å². The first-order valence-corrected chi connectivity index (χ1v) is 5.06. The molecule has 0 saturated heterocycles. The van der Waals surface area contributed by atoms with Crippen molar-refractivity contribution in [2.75, 3.05) is 0 Å². The summed E-state index contributed by atoms with van der Waals surface area (Å²) in [6.45, 7) is 8.30. The molecule has 0 radical (unpaired) electrons. The van der Waals surface area contributed by atoms with Gasteiger partial charge >= 0.3 is 0 Å². The van der Waals surface area contributed by atoms with Crippen LogP contribution in [0.4, 0.5) is 0 Å². The fourth-order valence-electron chi connectivity index (χ4n) is 1.05. The van der Waals surface area contributed by atoms with Crippen molar-refractivity contribution in [2.24, 2.45) is 14.9 Å². The lowest BCUT2D eigenvalue weighted by Crippen LogP contribution is -2.08. The van der Waals surface area contributed by atoms with Crippen molar-refractivity contribution in [3.05, 3.63) is 11.3 Å². The van der Waals surface area contributed by atoms with Crippen molar-refractivity contribution in [3.63, 3.8) is 0 Å². The topological polar surface area (TPSA) is 38.4 Å². The molecule has 0 heterocycles. The third kappa shape index (κ3) is 4.09. The van der Waals surface area contributed by atoms with Crippen molar-refractivity contribution in [1.82, 2.24) is 0 Å². The molecule has 0 aliphatic rings. The van der Waals surface area contributed by atoms with Crippen molar-refractivity contribution in [3.8, 4) is 0 Å². The van der Waals surface area contributed by atoms with Crippen LogP contribution < -0.4 is 5.73 Å². The molecule has 0 atom stereocenters. The Bertz CT molecular complexity index is 201. The van der Waals surface area contributed by atoms with E-state index in [0.29, 0.717) is 5.92 Å². The van der Waals surface area contributed by atoms with E-state index < -0.39 is 0 Å². The predicted molar refractivity (Wildman–Crippen MR) is 63.5 cm³/mol. The zero-order chi connectivity index (χ0) is 9.72. The second-order valence-electron chi connectivity index (χ2n) is 3.43. The van der Waals surface area contributed by atoms with E-state index in [1.807, 2.05) is 36.7 Å². The molecule has 0 rings (SSSR count). The summed E-state index contributed by atoms with van der Waals surface area (Å²) >= 11 is 2.01. The Morgan fingerprint density at radius 2 is 1.92 bits per heavy atom. The number of rotatable bonds is 3. The lowest BCUT2D eigenvalue weighted by molar-refractivity contribution is 0.650. The van der Waals surface area contributed by atoms with Gasteiger partial charge in [-0.15, -0.1) is 0 Å². The number of allylic oxidation sites excluding steroid dienone is 2. The molecule has 3 heteroatoms. The van der Waals surface area contributed by atoms with Crippen molar-refractivity contribution in [1.29, 1.82) is 0 Å². The highest BCUT2D eigenvalue weighted by Gasteiger charge is 2.06. The first kappa shape index (κ1) is 11.9. The molecule has 0 bridgehead atoms. The summed E-state index contributed by atoms with van der Waals surface area (Å²) in [5.41, 5.74) is 8.89. The Morgan fingerprint density at radius 3 is 2.17 bits per heavy atom. The Hall–Kier alpha value is -0.0600. The molecule has 0 aromatic rings. The first-order valence-electron chi connectivity index (χ1n) is 4.10. The van der Waals surface area contributed by atoms with Crippen molar-refractivity contribution < 1.29 is 0 Å². The van der Waals surface area contributed by atoms with E-state index in [4.69, 9.17) is 5.73 Å². The maximum atomic E-state index is 5.76. The summed E-state index contributed by atoms with van der Waals surface area (Å²) < 4.78 is 4.11. The second-order valence-corrected chi connectivity index (χ2v) is 3.91. The maximum Gasteiger partial charge on any atom is 0.0834 e. The van der Waals surface area contributed by atoms with Gasteiger partial charge in [-0.3, -0.25) is 0 Å². The van der Waals surface area contributed by atoms with Crippen LogP contribution in [0, 0.1) is 5.92 Å². The van der Waals surface area contributed by atoms with Crippen LogP contribution in [0.15, 0.2) is 14.5 Å². The average Bonchev–Trinajstić information content (AvgIpc) is 1.98. The smallest absolute Gasteiger partial charge is 0.0834 e. The van der Waals surface area contributed by atoms with Gasteiger partial charge < -0.3 is 5.73 Å². The van der Waals surface area contributed by atoms with Gasteiger partial charge in [0.1, 0.15) is 0 Å². The molecule has 0 aliphatic carbocycles. The van der Waals surface area contributed by atoms with E-state index in [-0.39, 0.29) is 0 Å². The number of hydrogen-bond donors (Lipinski definition) is 1. The summed E-state index contributed by atoms with van der Waals surface area (Å²) in [7, 11) is 0. The lowest BCUT2D eigenvalue weighted by atomic mass is 9.98. The van der Waals surface area contributed by atoms with Crippen LogP contribution in [0.1, 0.15) is 34.1 Å². The summed E-state index contributed by atoms with van der Waals surface area (Å²) in [6, 6.07) is 0. The first-order chi connectivity index (χ1) is 5.49. The predicted octanol–water partition coefficient (Wildman–Crippen LogP) is 3.08. The minimum absolute atomic E-state index is 0.631. The zero-order valence-corrected chi connectivity index (χ0v) is 10.3. The molecule has 0 unspecified atom stereocenters. The molecule has 2 N–H and O–H groups in total. The molecular weight excluding hydrogens is 263 g/mol. The monoisotopic (exact) mass is 280 g/mol. The molecule has 0 aliphatic heterocycles. The van der Waals surface area contributed by atoms with E-state index in [0.717, 1.165) is 17.8 Å². The molecule has 0 aromatic heterocycles. The van der Waals surface area contributed by atoms with Crippen LogP contribution in [-0.4, -0.2) is 5.71 Å². The highest BCUT2D eigenvalue weighted by Crippen LogP contribution is 2.15.